The van der Waals surface area contributed by atoms with Gasteiger partial charge in [-0.05, 0) is 6.92 Å². The van der Waals surface area contributed by atoms with E-state index in [2.05, 4.69) is 5.10 Å². The Kier molecular flexibility index (Phi) is 2.50. The molecular formula is C7H11N3O3. The quantitative estimate of drug-likeness (QED) is 0.631. The van der Waals surface area contributed by atoms with E-state index < -0.39 is 11.6 Å². The van der Waals surface area contributed by atoms with Crippen molar-refractivity contribution in [1.82, 2.24) is 14.3 Å². The Hall–Kier alpha value is -1.59. The van der Waals surface area contributed by atoms with Crippen molar-refractivity contribution in [3.63, 3.8) is 0 Å². The molecule has 0 radical (unpaired) electrons. The van der Waals surface area contributed by atoms with E-state index in [1.807, 2.05) is 0 Å². The van der Waals surface area contributed by atoms with Gasteiger partial charge in [-0.2, -0.15) is 0 Å². The lowest BCUT2D eigenvalue weighted by Crippen LogP contribution is -2.26. The molecule has 0 aliphatic rings. The minimum absolute atomic E-state index is 0.155. The summed E-state index contributed by atoms with van der Waals surface area (Å²) in [6.07, 6.45) is 0. The molecule has 0 spiro atoms. The van der Waals surface area contributed by atoms with Gasteiger partial charge in [0.1, 0.15) is 0 Å². The van der Waals surface area contributed by atoms with E-state index >= 15 is 0 Å². The van der Waals surface area contributed by atoms with Gasteiger partial charge in [0.15, 0.2) is 0 Å². The number of carbonyl (C=O) groups is 1. The fourth-order valence-electron chi connectivity index (χ4n) is 0.879. The lowest BCUT2D eigenvalue weighted by atomic mass is 10.7. The van der Waals surface area contributed by atoms with Crippen molar-refractivity contribution in [3.8, 4) is 6.01 Å². The van der Waals surface area contributed by atoms with Crippen molar-refractivity contribution in [2.45, 2.75) is 13.8 Å². The summed E-state index contributed by atoms with van der Waals surface area (Å²) in [6.45, 7) is 3.45. The number of nitrogens with zero attached hydrogens (tertiary/aromatic N) is 3. The third-order valence-electron chi connectivity index (χ3n) is 1.51. The molecule has 0 saturated carbocycles. The molecule has 0 amide bonds. The number of carbonyl (C=O) groups excluding carboxylic acids is 1. The number of hydrogen-bond acceptors (Lipinski definition) is 4. The molecule has 0 aromatic carbocycles. The van der Waals surface area contributed by atoms with Gasteiger partial charge >= 0.3 is 11.7 Å². The first-order chi connectivity index (χ1) is 6.07. The first-order valence-electron chi connectivity index (χ1n) is 3.87. The van der Waals surface area contributed by atoms with Crippen molar-refractivity contribution >= 4 is 5.91 Å². The number of rotatable bonds is 2. The van der Waals surface area contributed by atoms with Crippen LogP contribution in [-0.2, 0) is 7.05 Å². The van der Waals surface area contributed by atoms with Crippen LogP contribution in [0.25, 0.3) is 0 Å². The van der Waals surface area contributed by atoms with Crippen LogP contribution in [0.3, 0.4) is 0 Å². The molecule has 0 N–H and O–H groups in total. The molecule has 1 aromatic heterocycles. The Morgan fingerprint density at radius 1 is 1.62 bits per heavy atom. The summed E-state index contributed by atoms with van der Waals surface area (Å²) in [4.78, 5) is 22.1. The third-order valence-corrected chi connectivity index (χ3v) is 1.51. The minimum Gasteiger partial charge on any atom is -0.464 e. The molecule has 1 rings (SSSR count). The van der Waals surface area contributed by atoms with Crippen molar-refractivity contribution < 1.29 is 9.53 Å². The van der Waals surface area contributed by atoms with Gasteiger partial charge < -0.3 is 4.74 Å². The van der Waals surface area contributed by atoms with Gasteiger partial charge in [0, 0.05) is 14.0 Å². The molecular weight excluding hydrogens is 174 g/mol. The van der Waals surface area contributed by atoms with Crippen LogP contribution in [0.1, 0.15) is 18.6 Å². The Morgan fingerprint density at radius 3 is 2.62 bits per heavy atom. The summed E-state index contributed by atoms with van der Waals surface area (Å²) < 4.78 is 6.98. The molecule has 0 aliphatic carbocycles. The standard InChI is InChI=1S/C7H11N3O3/c1-4-13-6-8-10(5(2)11)7(12)9(6)3/h4H2,1-3H3. The molecule has 0 fully saturated rings. The Bertz CT molecular complexity index is 377. The van der Waals surface area contributed by atoms with E-state index in [-0.39, 0.29) is 6.01 Å². The molecule has 1 heterocycles. The van der Waals surface area contributed by atoms with Crippen LogP contribution in [0.2, 0.25) is 0 Å². The molecule has 72 valence electrons. The van der Waals surface area contributed by atoms with E-state index in [0.717, 1.165) is 4.68 Å². The maximum absolute atomic E-state index is 11.3. The van der Waals surface area contributed by atoms with E-state index in [4.69, 9.17) is 4.74 Å². The summed E-state index contributed by atoms with van der Waals surface area (Å²) in [7, 11) is 1.50. The second kappa shape index (κ2) is 3.42. The highest BCUT2D eigenvalue weighted by atomic mass is 16.5. The van der Waals surface area contributed by atoms with Crippen molar-refractivity contribution in [3.05, 3.63) is 10.5 Å². The minimum atomic E-state index is -0.490. The zero-order chi connectivity index (χ0) is 10.0. The maximum atomic E-state index is 11.3. The SMILES string of the molecule is CCOc1nn(C(C)=O)c(=O)n1C. The van der Waals surface area contributed by atoms with Gasteiger partial charge in [0.05, 0.1) is 6.61 Å². The number of hydrogen-bond donors (Lipinski definition) is 0. The highest BCUT2D eigenvalue weighted by molar-refractivity contribution is 5.74. The molecule has 1 aromatic rings. The highest BCUT2D eigenvalue weighted by Gasteiger charge is 2.12. The zero-order valence-corrected chi connectivity index (χ0v) is 7.77. The fraction of sp³-hybridized carbons (Fsp3) is 0.571. The van der Waals surface area contributed by atoms with Crippen LogP contribution in [-0.4, -0.2) is 26.9 Å². The van der Waals surface area contributed by atoms with Crippen molar-refractivity contribution in [2.24, 2.45) is 7.05 Å². The third kappa shape index (κ3) is 1.61. The Labute approximate surface area is 74.7 Å². The summed E-state index contributed by atoms with van der Waals surface area (Å²) >= 11 is 0. The van der Waals surface area contributed by atoms with E-state index in [1.165, 1.54) is 18.5 Å². The van der Waals surface area contributed by atoms with E-state index in [1.54, 1.807) is 6.92 Å². The zero-order valence-electron chi connectivity index (χ0n) is 7.77. The lowest BCUT2D eigenvalue weighted by Gasteiger charge is -1.97. The van der Waals surface area contributed by atoms with Gasteiger partial charge in [-0.1, -0.05) is 0 Å². The number of aromatic nitrogens is 3. The molecule has 6 heteroatoms. The second-order valence-electron chi connectivity index (χ2n) is 2.49. The molecule has 0 bridgehead atoms. The Morgan fingerprint density at radius 2 is 2.23 bits per heavy atom. The number of ether oxygens (including phenoxy) is 1. The smallest absolute Gasteiger partial charge is 0.355 e. The molecule has 0 atom stereocenters. The first-order valence-corrected chi connectivity index (χ1v) is 3.87. The van der Waals surface area contributed by atoms with E-state index in [9.17, 15) is 9.59 Å². The summed E-state index contributed by atoms with van der Waals surface area (Å²) in [5.74, 6) is -0.424. The van der Waals surface area contributed by atoms with Crippen LogP contribution in [0.15, 0.2) is 4.79 Å². The van der Waals surface area contributed by atoms with Crippen molar-refractivity contribution in [2.75, 3.05) is 6.61 Å². The van der Waals surface area contributed by atoms with Gasteiger partial charge in [0.2, 0.25) is 5.91 Å². The van der Waals surface area contributed by atoms with Crippen LogP contribution < -0.4 is 10.4 Å². The topological polar surface area (TPSA) is 66.1 Å². The first kappa shape index (κ1) is 9.50. The average molecular weight is 185 g/mol. The maximum Gasteiger partial charge on any atom is 0.355 e. The molecule has 6 nitrogen and oxygen atoms in total. The second-order valence-corrected chi connectivity index (χ2v) is 2.49. The molecule has 0 unspecified atom stereocenters. The average Bonchev–Trinajstić information content (AvgIpc) is 2.33. The molecule has 13 heavy (non-hydrogen) atoms. The lowest BCUT2D eigenvalue weighted by molar-refractivity contribution is 0.0914. The van der Waals surface area contributed by atoms with Crippen LogP contribution in [0, 0.1) is 0 Å². The monoisotopic (exact) mass is 185 g/mol. The summed E-state index contributed by atoms with van der Waals surface area (Å²) in [6, 6.07) is 0.155. The van der Waals surface area contributed by atoms with Crippen LogP contribution in [0.5, 0.6) is 6.01 Å². The molecule has 0 aliphatic heterocycles. The van der Waals surface area contributed by atoms with Gasteiger partial charge in [-0.15, -0.1) is 9.78 Å². The normalized spacial score (nSPS) is 10.1. The van der Waals surface area contributed by atoms with Gasteiger partial charge in [-0.25, -0.2) is 9.36 Å². The highest BCUT2D eigenvalue weighted by Crippen LogP contribution is 1.99. The largest absolute Gasteiger partial charge is 0.464 e. The van der Waals surface area contributed by atoms with Gasteiger partial charge in [0.25, 0.3) is 0 Å². The summed E-state index contributed by atoms with van der Waals surface area (Å²) in [5, 5.41) is 3.69. The summed E-state index contributed by atoms with van der Waals surface area (Å²) in [5.41, 5.74) is -0.490. The van der Waals surface area contributed by atoms with Gasteiger partial charge in [-0.3, -0.25) is 4.79 Å². The predicted octanol–water partition coefficient (Wildman–Crippen LogP) is -0.359. The fourth-order valence-corrected chi connectivity index (χ4v) is 0.879. The van der Waals surface area contributed by atoms with E-state index in [0.29, 0.717) is 6.61 Å². The van der Waals surface area contributed by atoms with Crippen LogP contribution in [0.4, 0.5) is 0 Å². The Balaban J connectivity index is 3.20. The van der Waals surface area contributed by atoms with Crippen molar-refractivity contribution in [1.29, 1.82) is 0 Å². The van der Waals surface area contributed by atoms with Crippen LogP contribution >= 0.6 is 0 Å². The predicted molar refractivity (Wildman–Crippen MR) is 44.9 cm³/mol. The molecule has 0 saturated heterocycles.